The number of carbonyl (C=O) groups excluding carboxylic acids is 1. The average Bonchev–Trinajstić information content (AvgIpc) is 2.72. The Hall–Kier alpha value is -1.70. The molecule has 0 radical (unpaired) electrons. The van der Waals surface area contributed by atoms with Crippen molar-refractivity contribution in [2.45, 2.75) is 25.4 Å². The van der Waals surface area contributed by atoms with E-state index in [0.29, 0.717) is 22.8 Å². The number of anilines is 2. The van der Waals surface area contributed by atoms with Crippen LogP contribution >= 0.6 is 35.0 Å². The van der Waals surface area contributed by atoms with Crippen molar-refractivity contribution in [3.05, 3.63) is 40.5 Å². The maximum atomic E-state index is 12.0. The Labute approximate surface area is 192 Å². The van der Waals surface area contributed by atoms with Crippen LogP contribution < -0.4 is 15.1 Å². The molecule has 1 aliphatic heterocycles. The minimum absolute atomic E-state index is 0.0147. The van der Waals surface area contributed by atoms with Crippen molar-refractivity contribution >= 4 is 52.4 Å². The highest BCUT2D eigenvalue weighted by Gasteiger charge is 2.21. The molecule has 0 aliphatic carbocycles. The lowest BCUT2D eigenvalue weighted by Crippen LogP contribution is -2.47. The fourth-order valence-corrected chi connectivity index (χ4v) is 4.34. The summed E-state index contributed by atoms with van der Waals surface area (Å²) in [5.41, 5.74) is 1.05. The lowest BCUT2D eigenvalue weighted by atomic mass is 10.1. The molecule has 2 aromatic rings. The van der Waals surface area contributed by atoms with Gasteiger partial charge in [-0.25, -0.2) is 9.97 Å². The molecule has 0 spiro atoms. The van der Waals surface area contributed by atoms with Crippen molar-refractivity contribution in [2.24, 2.45) is 5.92 Å². The van der Waals surface area contributed by atoms with Crippen LogP contribution in [0.25, 0.3) is 0 Å². The molecule has 1 aliphatic rings. The van der Waals surface area contributed by atoms with E-state index in [4.69, 9.17) is 23.2 Å². The van der Waals surface area contributed by atoms with Crippen LogP contribution in [0.3, 0.4) is 0 Å². The van der Waals surface area contributed by atoms with Crippen LogP contribution in [-0.4, -0.2) is 54.4 Å². The lowest BCUT2D eigenvalue weighted by molar-refractivity contribution is -0.118. The number of halogens is 2. The van der Waals surface area contributed by atoms with Gasteiger partial charge in [-0.2, -0.15) is 0 Å². The molecule has 0 atom stereocenters. The molecule has 9 heteroatoms. The van der Waals surface area contributed by atoms with Crippen molar-refractivity contribution in [3.8, 4) is 0 Å². The zero-order valence-electron chi connectivity index (χ0n) is 17.3. The van der Waals surface area contributed by atoms with Gasteiger partial charge < -0.3 is 15.1 Å². The molecular weight excluding hydrogens is 441 g/mol. The van der Waals surface area contributed by atoms with E-state index in [1.165, 1.54) is 11.8 Å². The quantitative estimate of drug-likeness (QED) is 0.353. The highest BCUT2D eigenvalue weighted by molar-refractivity contribution is 7.99. The fourth-order valence-electron chi connectivity index (χ4n) is 3.18. The van der Waals surface area contributed by atoms with Gasteiger partial charge in [0.15, 0.2) is 5.16 Å². The maximum absolute atomic E-state index is 12.0. The zero-order valence-corrected chi connectivity index (χ0v) is 19.6. The van der Waals surface area contributed by atoms with Gasteiger partial charge in [-0.05, 0) is 24.5 Å². The molecule has 0 bridgehead atoms. The van der Waals surface area contributed by atoms with Crippen LogP contribution in [-0.2, 0) is 4.79 Å². The van der Waals surface area contributed by atoms with Crippen LogP contribution in [0.1, 0.15) is 20.3 Å². The Morgan fingerprint density at radius 1 is 1.13 bits per heavy atom. The summed E-state index contributed by atoms with van der Waals surface area (Å²) in [7, 11) is 0. The van der Waals surface area contributed by atoms with Crippen LogP contribution in [0.2, 0.25) is 10.2 Å². The number of nitrogens with one attached hydrogen (secondary N) is 1. The molecule has 6 nitrogen and oxygen atoms in total. The molecule has 0 saturated carbocycles. The number of carbonyl (C=O) groups is 1. The standard InChI is InChI=1S/C21H27Cl2N5OS/c1-15(2)7-8-24-20(29)14-30-21-25-18(23)13-19(26-21)28-11-9-27(10-12-28)17-6-4-3-5-16(17)22/h3-6,13,15H,7-12,14H2,1-2H3,(H,24,29). The zero-order chi connectivity index (χ0) is 21.5. The number of piperazine rings is 1. The number of nitrogens with zero attached hydrogens (tertiary/aromatic N) is 4. The second kappa shape index (κ2) is 11.1. The fraction of sp³-hybridized carbons (Fsp3) is 0.476. The predicted octanol–water partition coefficient (Wildman–Crippen LogP) is 4.36. The van der Waals surface area contributed by atoms with Gasteiger partial charge in [0.2, 0.25) is 5.91 Å². The van der Waals surface area contributed by atoms with Gasteiger partial charge in [0.25, 0.3) is 0 Å². The highest BCUT2D eigenvalue weighted by atomic mass is 35.5. The van der Waals surface area contributed by atoms with E-state index in [2.05, 4.69) is 38.9 Å². The lowest BCUT2D eigenvalue weighted by Gasteiger charge is -2.37. The Morgan fingerprint density at radius 2 is 1.83 bits per heavy atom. The molecule has 1 fully saturated rings. The second-order valence-corrected chi connectivity index (χ2v) is 9.32. The molecule has 0 unspecified atom stereocenters. The van der Waals surface area contributed by atoms with Crippen LogP contribution in [0.5, 0.6) is 0 Å². The molecule has 1 saturated heterocycles. The first-order chi connectivity index (χ1) is 14.4. The van der Waals surface area contributed by atoms with Crippen molar-refractivity contribution in [3.63, 3.8) is 0 Å². The Kier molecular flexibility index (Phi) is 8.48. The predicted molar refractivity (Wildman–Crippen MR) is 126 cm³/mol. The summed E-state index contributed by atoms with van der Waals surface area (Å²) < 4.78 is 0. The first-order valence-electron chi connectivity index (χ1n) is 10.1. The summed E-state index contributed by atoms with van der Waals surface area (Å²) >= 11 is 13.9. The van der Waals surface area contributed by atoms with E-state index in [1.54, 1.807) is 6.07 Å². The molecule has 162 valence electrons. The van der Waals surface area contributed by atoms with E-state index in [9.17, 15) is 4.79 Å². The van der Waals surface area contributed by atoms with Gasteiger partial charge in [0, 0.05) is 38.8 Å². The number of thioether (sulfide) groups is 1. The van der Waals surface area contributed by atoms with E-state index < -0.39 is 0 Å². The number of aromatic nitrogens is 2. The summed E-state index contributed by atoms with van der Waals surface area (Å²) in [6, 6.07) is 9.67. The summed E-state index contributed by atoms with van der Waals surface area (Å²) in [4.78, 5) is 25.4. The van der Waals surface area contributed by atoms with E-state index >= 15 is 0 Å². The molecule has 1 N–H and O–H groups in total. The number of benzene rings is 1. The molecule has 1 aromatic carbocycles. The van der Waals surface area contributed by atoms with Gasteiger partial charge in [0.05, 0.1) is 16.5 Å². The van der Waals surface area contributed by atoms with Crippen LogP contribution in [0.15, 0.2) is 35.5 Å². The third-order valence-electron chi connectivity index (χ3n) is 4.83. The number of hydrogen-bond acceptors (Lipinski definition) is 6. The molecule has 1 amide bonds. The van der Waals surface area contributed by atoms with Gasteiger partial charge in [-0.1, -0.05) is 60.9 Å². The SMILES string of the molecule is CC(C)CCNC(=O)CSc1nc(Cl)cc(N2CCN(c3ccccc3Cl)CC2)n1. The highest BCUT2D eigenvalue weighted by Crippen LogP contribution is 2.28. The Balaban J connectivity index is 1.55. The molecule has 1 aromatic heterocycles. The number of amides is 1. The Morgan fingerprint density at radius 3 is 2.53 bits per heavy atom. The van der Waals surface area contributed by atoms with Crippen molar-refractivity contribution in [1.29, 1.82) is 0 Å². The minimum Gasteiger partial charge on any atom is -0.367 e. The third kappa shape index (κ3) is 6.65. The largest absolute Gasteiger partial charge is 0.367 e. The summed E-state index contributed by atoms with van der Waals surface area (Å²) in [6.07, 6.45) is 0.967. The minimum atomic E-state index is -0.0147. The number of rotatable bonds is 8. The molecule has 2 heterocycles. The first kappa shape index (κ1) is 23.0. The molecule has 3 rings (SSSR count). The number of hydrogen-bond donors (Lipinski definition) is 1. The van der Waals surface area contributed by atoms with Crippen molar-refractivity contribution in [1.82, 2.24) is 15.3 Å². The Bertz CT molecular complexity index is 859. The summed E-state index contributed by atoms with van der Waals surface area (Å²) in [5.74, 6) is 1.61. The van der Waals surface area contributed by atoms with Crippen LogP contribution in [0.4, 0.5) is 11.5 Å². The van der Waals surface area contributed by atoms with E-state index in [1.807, 2.05) is 24.3 Å². The topological polar surface area (TPSA) is 61.4 Å². The van der Waals surface area contributed by atoms with Gasteiger partial charge >= 0.3 is 0 Å². The van der Waals surface area contributed by atoms with Gasteiger partial charge in [0.1, 0.15) is 11.0 Å². The second-order valence-electron chi connectivity index (χ2n) is 7.58. The summed E-state index contributed by atoms with van der Waals surface area (Å²) in [5, 5.41) is 4.60. The molecule has 30 heavy (non-hydrogen) atoms. The summed E-state index contributed by atoms with van der Waals surface area (Å²) in [6.45, 7) is 8.25. The van der Waals surface area contributed by atoms with Gasteiger partial charge in [-0.3, -0.25) is 4.79 Å². The van der Waals surface area contributed by atoms with Crippen LogP contribution in [0, 0.1) is 5.92 Å². The monoisotopic (exact) mass is 467 g/mol. The van der Waals surface area contributed by atoms with Crippen molar-refractivity contribution < 1.29 is 4.79 Å². The molecular formula is C21H27Cl2N5OS. The van der Waals surface area contributed by atoms with E-state index in [0.717, 1.165) is 49.1 Å². The first-order valence-corrected chi connectivity index (χ1v) is 11.8. The smallest absolute Gasteiger partial charge is 0.230 e. The number of para-hydroxylation sites is 1. The van der Waals surface area contributed by atoms with E-state index in [-0.39, 0.29) is 11.7 Å². The normalized spacial score (nSPS) is 14.3. The van der Waals surface area contributed by atoms with Gasteiger partial charge in [-0.15, -0.1) is 0 Å². The maximum Gasteiger partial charge on any atom is 0.230 e. The average molecular weight is 468 g/mol. The third-order valence-corrected chi connectivity index (χ3v) is 6.19. The van der Waals surface area contributed by atoms with Crippen molar-refractivity contribution in [2.75, 3.05) is 48.3 Å².